The van der Waals surface area contributed by atoms with E-state index in [1.165, 1.54) is 13.2 Å². The van der Waals surface area contributed by atoms with Crippen LogP contribution in [0.2, 0.25) is 0 Å². The molecule has 0 aromatic heterocycles. The van der Waals surface area contributed by atoms with Gasteiger partial charge in [0.25, 0.3) is 0 Å². The predicted octanol–water partition coefficient (Wildman–Crippen LogP) is 1.93. The van der Waals surface area contributed by atoms with E-state index < -0.39 is 5.82 Å². The van der Waals surface area contributed by atoms with Gasteiger partial charge in [-0.05, 0) is 37.1 Å². The molecule has 1 heterocycles. The number of nitrogens with zero attached hydrogens (tertiary/aromatic N) is 1. The minimum atomic E-state index is -0.400. The van der Waals surface area contributed by atoms with E-state index >= 15 is 0 Å². The molecule has 4 nitrogen and oxygen atoms in total. The summed E-state index contributed by atoms with van der Waals surface area (Å²) in [6.45, 7) is 1.40. The SMILES string of the molecule is COc1ccc(CN(C)C(=O)CC2CCCN2)cc1F. The number of halogens is 1. The monoisotopic (exact) mass is 280 g/mol. The minimum Gasteiger partial charge on any atom is -0.494 e. The van der Waals surface area contributed by atoms with Gasteiger partial charge >= 0.3 is 0 Å². The topological polar surface area (TPSA) is 41.6 Å². The molecular weight excluding hydrogens is 259 g/mol. The first-order chi connectivity index (χ1) is 9.60. The van der Waals surface area contributed by atoms with Crippen molar-refractivity contribution in [2.75, 3.05) is 20.7 Å². The summed E-state index contributed by atoms with van der Waals surface area (Å²) in [5.74, 6) is -0.0955. The fourth-order valence-electron chi connectivity index (χ4n) is 2.47. The van der Waals surface area contributed by atoms with E-state index in [9.17, 15) is 9.18 Å². The van der Waals surface area contributed by atoms with Crippen LogP contribution in [0.25, 0.3) is 0 Å². The standard InChI is InChI=1S/C15H21FN2O2/c1-18(15(19)9-12-4-3-7-17-12)10-11-5-6-14(20-2)13(16)8-11/h5-6,8,12,17H,3-4,7,9-10H2,1-2H3. The molecule has 0 radical (unpaired) electrons. The van der Waals surface area contributed by atoms with E-state index in [1.807, 2.05) is 0 Å². The van der Waals surface area contributed by atoms with Crippen molar-refractivity contribution >= 4 is 5.91 Å². The Labute approximate surface area is 118 Å². The van der Waals surface area contributed by atoms with Crippen molar-refractivity contribution in [2.24, 2.45) is 0 Å². The molecule has 1 N–H and O–H groups in total. The number of nitrogens with one attached hydrogen (secondary N) is 1. The molecule has 0 saturated carbocycles. The maximum atomic E-state index is 13.6. The third-order valence-corrected chi connectivity index (χ3v) is 3.65. The lowest BCUT2D eigenvalue weighted by Crippen LogP contribution is -2.33. The van der Waals surface area contributed by atoms with Crippen LogP contribution in [-0.2, 0) is 11.3 Å². The second-order valence-electron chi connectivity index (χ2n) is 5.22. The van der Waals surface area contributed by atoms with Crippen LogP contribution in [0.1, 0.15) is 24.8 Å². The summed E-state index contributed by atoms with van der Waals surface area (Å²) in [6.07, 6.45) is 2.69. The van der Waals surface area contributed by atoms with Crippen molar-refractivity contribution in [3.8, 4) is 5.75 Å². The van der Waals surface area contributed by atoms with Gasteiger partial charge in [0.1, 0.15) is 0 Å². The Bertz CT molecular complexity index is 473. The largest absolute Gasteiger partial charge is 0.494 e. The smallest absolute Gasteiger partial charge is 0.224 e. The number of hydrogen-bond acceptors (Lipinski definition) is 3. The Balaban J connectivity index is 1.91. The van der Waals surface area contributed by atoms with Gasteiger partial charge in [-0.1, -0.05) is 6.07 Å². The van der Waals surface area contributed by atoms with Crippen LogP contribution in [0.5, 0.6) is 5.75 Å². The van der Waals surface area contributed by atoms with Crippen molar-refractivity contribution in [1.82, 2.24) is 10.2 Å². The van der Waals surface area contributed by atoms with Crippen LogP contribution >= 0.6 is 0 Å². The Morgan fingerprint density at radius 1 is 1.55 bits per heavy atom. The van der Waals surface area contributed by atoms with Crippen LogP contribution in [0.3, 0.4) is 0 Å². The average Bonchev–Trinajstić information content (AvgIpc) is 2.91. The lowest BCUT2D eigenvalue weighted by molar-refractivity contribution is -0.130. The predicted molar refractivity (Wildman–Crippen MR) is 75.1 cm³/mol. The Morgan fingerprint density at radius 2 is 2.35 bits per heavy atom. The molecule has 0 spiro atoms. The highest BCUT2D eigenvalue weighted by molar-refractivity contribution is 5.76. The van der Waals surface area contributed by atoms with Gasteiger partial charge in [-0.2, -0.15) is 0 Å². The zero-order chi connectivity index (χ0) is 14.5. The van der Waals surface area contributed by atoms with Crippen LogP contribution in [-0.4, -0.2) is 37.6 Å². The second kappa shape index (κ2) is 6.70. The van der Waals surface area contributed by atoms with E-state index in [0.29, 0.717) is 13.0 Å². The van der Waals surface area contributed by atoms with Gasteiger partial charge in [0, 0.05) is 26.1 Å². The lowest BCUT2D eigenvalue weighted by atomic mass is 10.1. The summed E-state index contributed by atoms with van der Waals surface area (Å²) in [5, 5.41) is 3.31. The zero-order valence-corrected chi connectivity index (χ0v) is 12.0. The van der Waals surface area contributed by atoms with Gasteiger partial charge in [0.15, 0.2) is 11.6 Å². The highest BCUT2D eigenvalue weighted by atomic mass is 19.1. The van der Waals surface area contributed by atoms with E-state index in [2.05, 4.69) is 5.32 Å². The van der Waals surface area contributed by atoms with Gasteiger partial charge < -0.3 is 15.0 Å². The molecule has 1 saturated heterocycles. The van der Waals surface area contributed by atoms with E-state index in [4.69, 9.17) is 4.74 Å². The molecule has 1 aliphatic rings. The first kappa shape index (κ1) is 14.8. The van der Waals surface area contributed by atoms with Crippen LogP contribution in [0, 0.1) is 5.82 Å². The fourth-order valence-corrected chi connectivity index (χ4v) is 2.47. The molecule has 1 amide bonds. The molecular formula is C15H21FN2O2. The third kappa shape index (κ3) is 3.70. The Kier molecular flexibility index (Phi) is 4.95. The van der Waals surface area contributed by atoms with Gasteiger partial charge in [-0.3, -0.25) is 4.79 Å². The van der Waals surface area contributed by atoms with Crippen molar-refractivity contribution in [3.63, 3.8) is 0 Å². The number of ether oxygens (including phenoxy) is 1. The maximum absolute atomic E-state index is 13.6. The maximum Gasteiger partial charge on any atom is 0.224 e. The number of carbonyl (C=O) groups is 1. The minimum absolute atomic E-state index is 0.0839. The van der Waals surface area contributed by atoms with Crippen LogP contribution in [0.4, 0.5) is 4.39 Å². The summed E-state index contributed by atoms with van der Waals surface area (Å²) < 4.78 is 18.5. The number of hydrogen-bond donors (Lipinski definition) is 1. The quantitative estimate of drug-likeness (QED) is 0.896. The van der Waals surface area contributed by atoms with Crippen molar-refractivity contribution in [2.45, 2.75) is 31.8 Å². The summed E-state index contributed by atoms with van der Waals surface area (Å²) >= 11 is 0. The first-order valence-electron chi connectivity index (χ1n) is 6.90. The molecule has 1 unspecified atom stereocenters. The summed E-state index contributed by atoms with van der Waals surface area (Å²) in [5.41, 5.74) is 0.763. The molecule has 110 valence electrons. The molecule has 1 aliphatic heterocycles. The zero-order valence-electron chi connectivity index (χ0n) is 12.0. The third-order valence-electron chi connectivity index (χ3n) is 3.65. The summed E-state index contributed by atoms with van der Waals surface area (Å²) in [6, 6.07) is 5.06. The average molecular weight is 280 g/mol. The highest BCUT2D eigenvalue weighted by Crippen LogP contribution is 2.19. The number of carbonyl (C=O) groups excluding carboxylic acids is 1. The van der Waals surface area contributed by atoms with E-state index in [-0.39, 0.29) is 17.7 Å². The molecule has 1 aromatic carbocycles. The summed E-state index contributed by atoms with van der Waals surface area (Å²) in [7, 11) is 3.18. The lowest BCUT2D eigenvalue weighted by Gasteiger charge is -2.20. The molecule has 1 fully saturated rings. The second-order valence-corrected chi connectivity index (χ2v) is 5.22. The molecule has 20 heavy (non-hydrogen) atoms. The highest BCUT2D eigenvalue weighted by Gasteiger charge is 2.20. The van der Waals surface area contributed by atoms with Gasteiger partial charge in [0.05, 0.1) is 7.11 Å². The van der Waals surface area contributed by atoms with Crippen LogP contribution < -0.4 is 10.1 Å². The van der Waals surface area contributed by atoms with Crippen LogP contribution in [0.15, 0.2) is 18.2 Å². The number of rotatable bonds is 5. The molecule has 5 heteroatoms. The van der Waals surface area contributed by atoms with E-state index in [1.54, 1.807) is 24.1 Å². The summed E-state index contributed by atoms with van der Waals surface area (Å²) in [4.78, 5) is 13.7. The van der Waals surface area contributed by atoms with Crippen molar-refractivity contribution in [3.05, 3.63) is 29.6 Å². The van der Waals surface area contributed by atoms with Crippen molar-refractivity contribution in [1.29, 1.82) is 0 Å². The Morgan fingerprint density at radius 3 is 2.95 bits per heavy atom. The first-order valence-corrected chi connectivity index (χ1v) is 6.90. The molecule has 1 atom stereocenters. The van der Waals surface area contributed by atoms with Gasteiger partial charge in [-0.15, -0.1) is 0 Å². The molecule has 2 rings (SSSR count). The number of methoxy groups -OCH3 is 1. The van der Waals surface area contributed by atoms with Gasteiger partial charge in [-0.25, -0.2) is 4.39 Å². The number of benzene rings is 1. The number of amides is 1. The Hall–Kier alpha value is -1.62. The van der Waals surface area contributed by atoms with Gasteiger partial charge in [0.2, 0.25) is 5.91 Å². The fraction of sp³-hybridized carbons (Fsp3) is 0.533. The molecule has 1 aromatic rings. The normalized spacial score (nSPS) is 18.1. The molecule has 0 bridgehead atoms. The van der Waals surface area contributed by atoms with E-state index in [0.717, 1.165) is 24.9 Å². The molecule has 0 aliphatic carbocycles. The van der Waals surface area contributed by atoms with Crippen molar-refractivity contribution < 1.29 is 13.9 Å².